The molecular weight excluding hydrogens is 290 g/mol. The zero-order chi connectivity index (χ0) is 15.9. The summed E-state index contributed by atoms with van der Waals surface area (Å²) in [4.78, 5) is 15.8. The predicted octanol–water partition coefficient (Wildman–Crippen LogP) is 2.65. The SMILES string of the molecule is O=C(NCc1ccncc1)Nc1ccc(Cn2cccn2)cc1. The van der Waals surface area contributed by atoms with Crippen molar-refractivity contribution >= 4 is 11.7 Å². The zero-order valence-electron chi connectivity index (χ0n) is 12.5. The van der Waals surface area contributed by atoms with E-state index in [1.807, 2.05) is 53.3 Å². The third kappa shape index (κ3) is 4.41. The molecule has 0 aliphatic heterocycles. The van der Waals surface area contributed by atoms with Crippen LogP contribution in [0, 0.1) is 0 Å². The van der Waals surface area contributed by atoms with Gasteiger partial charge in [0.25, 0.3) is 0 Å². The third-order valence-electron chi connectivity index (χ3n) is 3.32. The first kappa shape index (κ1) is 14.8. The van der Waals surface area contributed by atoms with Gasteiger partial charge in [-0.2, -0.15) is 5.10 Å². The van der Waals surface area contributed by atoms with Gasteiger partial charge in [0.2, 0.25) is 0 Å². The van der Waals surface area contributed by atoms with Gasteiger partial charge < -0.3 is 10.6 Å². The first-order valence-corrected chi connectivity index (χ1v) is 7.30. The van der Waals surface area contributed by atoms with Crippen LogP contribution in [0.25, 0.3) is 0 Å². The van der Waals surface area contributed by atoms with Crippen molar-refractivity contribution < 1.29 is 4.79 Å². The molecule has 3 rings (SSSR count). The number of carbonyl (C=O) groups excluding carboxylic acids is 1. The van der Waals surface area contributed by atoms with Crippen LogP contribution in [-0.2, 0) is 13.1 Å². The molecule has 0 spiro atoms. The minimum atomic E-state index is -0.235. The van der Waals surface area contributed by atoms with Gasteiger partial charge in [-0.05, 0) is 41.5 Å². The van der Waals surface area contributed by atoms with E-state index in [1.54, 1.807) is 18.6 Å². The molecule has 2 aromatic heterocycles. The largest absolute Gasteiger partial charge is 0.334 e. The molecule has 0 atom stereocenters. The van der Waals surface area contributed by atoms with Gasteiger partial charge in [-0.25, -0.2) is 4.79 Å². The Bertz CT molecular complexity index is 738. The number of hydrogen-bond donors (Lipinski definition) is 2. The number of urea groups is 1. The minimum absolute atomic E-state index is 0.235. The average molecular weight is 307 g/mol. The Hall–Kier alpha value is -3.15. The minimum Gasteiger partial charge on any atom is -0.334 e. The molecule has 6 heteroatoms. The Morgan fingerprint density at radius 3 is 2.48 bits per heavy atom. The summed E-state index contributed by atoms with van der Waals surface area (Å²) in [5.74, 6) is 0. The zero-order valence-corrected chi connectivity index (χ0v) is 12.5. The van der Waals surface area contributed by atoms with Crippen LogP contribution in [-0.4, -0.2) is 20.8 Å². The highest BCUT2D eigenvalue weighted by molar-refractivity contribution is 5.89. The molecule has 23 heavy (non-hydrogen) atoms. The maximum absolute atomic E-state index is 11.9. The predicted molar refractivity (Wildman–Crippen MR) is 87.9 cm³/mol. The van der Waals surface area contributed by atoms with Crippen molar-refractivity contribution in [1.29, 1.82) is 0 Å². The molecule has 0 saturated carbocycles. The van der Waals surface area contributed by atoms with E-state index in [2.05, 4.69) is 20.7 Å². The highest BCUT2D eigenvalue weighted by Crippen LogP contribution is 2.10. The molecule has 2 N–H and O–H groups in total. The van der Waals surface area contributed by atoms with E-state index in [0.29, 0.717) is 13.1 Å². The van der Waals surface area contributed by atoms with Crippen molar-refractivity contribution in [3.05, 3.63) is 78.4 Å². The van der Waals surface area contributed by atoms with Crippen molar-refractivity contribution in [2.24, 2.45) is 0 Å². The van der Waals surface area contributed by atoms with Crippen molar-refractivity contribution in [3.63, 3.8) is 0 Å². The monoisotopic (exact) mass is 307 g/mol. The lowest BCUT2D eigenvalue weighted by Gasteiger charge is -2.08. The van der Waals surface area contributed by atoms with Gasteiger partial charge in [0.1, 0.15) is 0 Å². The lowest BCUT2D eigenvalue weighted by atomic mass is 10.2. The fourth-order valence-corrected chi connectivity index (χ4v) is 2.13. The molecule has 0 fully saturated rings. The maximum atomic E-state index is 11.9. The van der Waals surface area contributed by atoms with Crippen LogP contribution in [0.3, 0.4) is 0 Å². The van der Waals surface area contributed by atoms with Gasteiger partial charge in [-0.3, -0.25) is 9.67 Å². The van der Waals surface area contributed by atoms with E-state index >= 15 is 0 Å². The van der Waals surface area contributed by atoms with Crippen molar-refractivity contribution in [3.8, 4) is 0 Å². The number of nitrogens with zero attached hydrogens (tertiary/aromatic N) is 3. The number of hydrogen-bond acceptors (Lipinski definition) is 3. The van der Waals surface area contributed by atoms with Gasteiger partial charge in [0.05, 0.1) is 6.54 Å². The molecule has 116 valence electrons. The average Bonchev–Trinajstić information content (AvgIpc) is 3.09. The second-order valence-corrected chi connectivity index (χ2v) is 5.06. The van der Waals surface area contributed by atoms with E-state index in [4.69, 9.17) is 0 Å². The summed E-state index contributed by atoms with van der Waals surface area (Å²) in [5, 5.41) is 9.78. The lowest BCUT2D eigenvalue weighted by molar-refractivity contribution is 0.251. The molecule has 1 aromatic carbocycles. The Morgan fingerprint density at radius 1 is 1.00 bits per heavy atom. The van der Waals surface area contributed by atoms with Crippen LogP contribution < -0.4 is 10.6 Å². The third-order valence-corrected chi connectivity index (χ3v) is 3.32. The number of nitrogens with one attached hydrogen (secondary N) is 2. The van der Waals surface area contributed by atoms with E-state index in [-0.39, 0.29) is 6.03 Å². The molecule has 0 aliphatic carbocycles. The number of benzene rings is 1. The Morgan fingerprint density at radius 2 is 1.78 bits per heavy atom. The van der Waals surface area contributed by atoms with Crippen molar-refractivity contribution in [1.82, 2.24) is 20.1 Å². The first-order valence-electron chi connectivity index (χ1n) is 7.30. The Balaban J connectivity index is 1.50. The maximum Gasteiger partial charge on any atom is 0.319 e. The normalized spacial score (nSPS) is 10.3. The summed E-state index contributed by atoms with van der Waals surface area (Å²) in [6, 6.07) is 13.1. The number of aromatic nitrogens is 3. The van der Waals surface area contributed by atoms with E-state index in [1.165, 1.54) is 0 Å². The molecule has 2 heterocycles. The Labute approximate surface area is 134 Å². The molecule has 0 unspecified atom stereocenters. The second kappa shape index (κ2) is 7.22. The van der Waals surface area contributed by atoms with E-state index in [0.717, 1.165) is 16.8 Å². The number of pyridine rings is 1. The highest BCUT2D eigenvalue weighted by atomic mass is 16.2. The molecular formula is C17H17N5O. The topological polar surface area (TPSA) is 71.8 Å². The quantitative estimate of drug-likeness (QED) is 0.761. The van der Waals surface area contributed by atoms with Crippen LogP contribution in [0.5, 0.6) is 0 Å². The van der Waals surface area contributed by atoms with E-state index < -0.39 is 0 Å². The smallest absolute Gasteiger partial charge is 0.319 e. The van der Waals surface area contributed by atoms with Crippen LogP contribution in [0.4, 0.5) is 10.5 Å². The number of amides is 2. The summed E-state index contributed by atoms with van der Waals surface area (Å²) < 4.78 is 1.85. The standard InChI is InChI=1S/C17H17N5O/c23-17(19-12-14-6-9-18-10-7-14)21-16-4-2-15(3-5-16)13-22-11-1-8-20-22/h1-11H,12-13H2,(H2,19,21,23). The summed E-state index contributed by atoms with van der Waals surface area (Å²) in [6.45, 7) is 1.17. The Kier molecular flexibility index (Phi) is 4.63. The van der Waals surface area contributed by atoms with Gasteiger partial charge >= 0.3 is 6.03 Å². The second-order valence-electron chi connectivity index (χ2n) is 5.06. The van der Waals surface area contributed by atoms with Crippen molar-refractivity contribution in [2.45, 2.75) is 13.1 Å². The molecule has 2 amide bonds. The number of rotatable bonds is 5. The molecule has 0 radical (unpaired) electrons. The highest BCUT2D eigenvalue weighted by Gasteiger charge is 2.02. The van der Waals surface area contributed by atoms with Gasteiger partial charge in [0, 0.05) is 37.0 Å². The van der Waals surface area contributed by atoms with Gasteiger partial charge in [-0.1, -0.05) is 12.1 Å². The summed E-state index contributed by atoms with van der Waals surface area (Å²) >= 11 is 0. The molecule has 0 aliphatic rings. The first-order chi connectivity index (χ1) is 11.3. The molecule has 0 bridgehead atoms. The van der Waals surface area contributed by atoms with Crippen LogP contribution in [0.2, 0.25) is 0 Å². The van der Waals surface area contributed by atoms with E-state index in [9.17, 15) is 4.79 Å². The fraction of sp³-hybridized carbons (Fsp3) is 0.118. The lowest BCUT2D eigenvalue weighted by Crippen LogP contribution is -2.28. The van der Waals surface area contributed by atoms with Crippen molar-refractivity contribution in [2.75, 3.05) is 5.32 Å². The fourth-order valence-electron chi connectivity index (χ4n) is 2.13. The molecule has 6 nitrogen and oxygen atoms in total. The molecule has 0 saturated heterocycles. The number of anilines is 1. The van der Waals surface area contributed by atoms with Gasteiger partial charge in [0.15, 0.2) is 0 Å². The van der Waals surface area contributed by atoms with Crippen LogP contribution in [0.15, 0.2) is 67.3 Å². The summed E-state index contributed by atoms with van der Waals surface area (Å²) in [7, 11) is 0. The summed E-state index contributed by atoms with van der Waals surface area (Å²) in [5.41, 5.74) is 2.88. The molecule has 3 aromatic rings. The summed E-state index contributed by atoms with van der Waals surface area (Å²) in [6.07, 6.45) is 7.07. The van der Waals surface area contributed by atoms with Crippen LogP contribution >= 0.6 is 0 Å². The number of carbonyl (C=O) groups is 1. The van der Waals surface area contributed by atoms with Crippen LogP contribution in [0.1, 0.15) is 11.1 Å². The van der Waals surface area contributed by atoms with Gasteiger partial charge in [-0.15, -0.1) is 0 Å².